The molecular weight excluding hydrogens is 445 g/mol. The molecule has 6 rings (SSSR count). The highest BCUT2D eigenvalue weighted by molar-refractivity contribution is 6.36. The lowest BCUT2D eigenvalue weighted by molar-refractivity contribution is 0.0535. The second-order valence-electron chi connectivity index (χ2n) is 8.19. The third-order valence-electron chi connectivity index (χ3n) is 6.51. The minimum atomic E-state index is -0.414. The summed E-state index contributed by atoms with van der Waals surface area (Å²) in [5.41, 5.74) is 4.06. The van der Waals surface area contributed by atoms with Crippen LogP contribution in [-0.2, 0) is 11.3 Å². The van der Waals surface area contributed by atoms with Crippen molar-refractivity contribution in [1.82, 2.24) is 0 Å². The van der Waals surface area contributed by atoms with Crippen LogP contribution in [0.4, 0.5) is 5.69 Å². The molecule has 0 saturated carbocycles. The molecule has 0 spiro atoms. The van der Waals surface area contributed by atoms with E-state index < -0.39 is 6.23 Å². The monoisotopic (exact) mass is 461 g/mol. The summed E-state index contributed by atoms with van der Waals surface area (Å²) < 4.78 is 6.27. The number of halogens is 2. The van der Waals surface area contributed by atoms with E-state index in [4.69, 9.17) is 27.9 Å². The van der Waals surface area contributed by atoms with Gasteiger partial charge in [0.15, 0.2) is 17.8 Å². The van der Waals surface area contributed by atoms with E-state index >= 15 is 0 Å². The number of benzene rings is 3. The van der Waals surface area contributed by atoms with Crippen molar-refractivity contribution in [2.75, 3.05) is 4.90 Å². The smallest absolute Gasteiger partial charge is 0.228 e. The van der Waals surface area contributed by atoms with Gasteiger partial charge in [-0.15, -0.1) is 0 Å². The van der Waals surface area contributed by atoms with Gasteiger partial charge in [-0.1, -0.05) is 71.7 Å². The lowest BCUT2D eigenvalue weighted by Crippen LogP contribution is -2.47. The Morgan fingerprint density at radius 1 is 0.844 bits per heavy atom. The van der Waals surface area contributed by atoms with Crippen LogP contribution in [0.25, 0.3) is 0 Å². The van der Waals surface area contributed by atoms with E-state index in [2.05, 4.69) is 4.90 Å². The van der Waals surface area contributed by atoms with Crippen LogP contribution < -0.4 is 4.90 Å². The van der Waals surface area contributed by atoms with Crippen molar-refractivity contribution in [3.8, 4) is 0 Å². The number of hydrogen-bond donors (Lipinski definition) is 0. The molecule has 0 amide bonds. The van der Waals surface area contributed by atoms with Crippen LogP contribution in [0.5, 0.6) is 0 Å². The van der Waals surface area contributed by atoms with Gasteiger partial charge in [-0.05, 0) is 23.8 Å². The molecular formula is C26H17Cl2NO3. The molecule has 4 nitrogen and oxygen atoms in total. The average molecular weight is 462 g/mol. The van der Waals surface area contributed by atoms with Gasteiger partial charge in [-0.3, -0.25) is 9.59 Å². The first-order valence-corrected chi connectivity index (χ1v) is 11.2. The Kier molecular flexibility index (Phi) is 4.42. The lowest BCUT2D eigenvalue weighted by Gasteiger charge is -2.46. The van der Waals surface area contributed by atoms with Crippen molar-refractivity contribution in [3.05, 3.63) is 110 Å². The summed E-state index contributed by atoms with van der Waals surface area (Å²) in [5, 5.41) is 1.15. The molecule has 3 aliphatic rings. The predicted molar refractivity (Wildman–Crippen MR) is 123 cm³/mol. The van der Waals surface area contributed by atoms with Crippen molar-refractivity contribution < 1.29 is 14.3 Å². The summed E-state index contributed by atoms with van der Waals surface area (Å²) in [7, 11) is 0. The molecule has 2 atom stereocenters. The molecule has 2 aliphatic heterocycles. The average Bonchev–Trinajstić information content (AvgIpc) is 2.81. The zero-order valence-corrected chi connectivity index (χ0v) is 18.4. The first-order valence-electron chi connectivity index (χ1n) is 10.4. The summed E-state index contributed by atoms with van der Waals surface area (Å²) >= 11 is 12.9. The minimum Gasteiger partial charge on any atom is -0.466 e. The van der Waals surface area contributed by atoms with E-state index in [1.54, 1.807) is 24.3 Å². The molecule has 3 aromatic carbocycles. The number of carbonyl (C=O) groups is 2. The van der Waals surface area contributed by atoms with Gasteiger partial charge in [0.25, 0.3) is 0 Å². The molecule has 0 fully saturated rings. The summed E-state index contributed by atoms with van der Waals surface area (Å²) in [6.45, 7) is 0.425. The maximum atomic E-state index is 13.4. The Morgan fingerprint density at radius 3 is 2.25 bits per heavy atom. The third kappa shape index (κ3) is 2.76. The van der Waals surface area contributed by atoms with Crippen molar-refractivity contribution in [1.29, 1.82) is 0 Å². The van der Waals surface area contributed by atoms with Crippen molar-refractivity contribution in [2.45, 2.75) is 25.1 Å². The van der Waals surface area contributed by atoms with Gasteiger partial charge in [0.2, 0.25) is 5.78 Å². The van der Waals surface area contributed by atoms with Gasteiger partial charge in [-0.25, -0.2) is 0 Å². The Morgan fingerprint density at radius 2 is 1.50 bits per heavy atom. The number of fused-ring (bicyclic) bond motifs is 6. The van der Waals surface area contributed by atoms with Gasteiger partial charge < -0.3 is 9.64 Å². The number of allylic oxidation sites excluding steroid dienone is 2. The SMILES string of the molecule is O=C1C2=C(C(=O)c3ccccc31)C1CC(O2)N(Cc2c(Cl)cccc2Cl)c2ccccc21. The van der Waals surface area contributed by atoms with Gasteiger partial charge >= 0.3 is 0 Å². The molecule has 3 aromatic rings. The van der Waals surface area contributed by atoms with E-state index in [0.717, 1.165) is 16.8 Å². The van der Waals surface area contributed by atoms with Gasteiger partial charge in [0.05, 0.1) is 5.57 Å². The highest BCUT2D eigenvalue weighted by atomic mass is 35.5. The van der Waals surface area contributed by atoms with E-state index in [0.29, 0.717) is 39.7 Å². The molecule has 2 bridgehead atoms. The number of ether oxygens (including phenoxy) is 1. The zero-order valence-electron chi connectivity index (χ0n) is 16.8. The standard InChI is InChI=1S/C26H17Cl2NO3/c27-19-9-5-10-20(28)18(19)13-29-21-11-4-3-6-14(21)17-12-22(29)32-26-23(17)24(30)15-7-1-2-8-16(15)25(26)31/h1-11,17,22H,12-13H2. The third-order valence-corrected chi connectivity index (χ3v) is 7.22. The molecule has 0 N–H and O–H groups in total. The molecule has 32 heavy (non-hydrogen) atoms. The Labute approximate surface area is 195 Å². The Hall–Kier alpha value is -3.08. The van der Waals surface area contributed by atoms with Crippen molar-refractivity contribution >= 4 is 40.5 Å². The number of para-hydroxylation sites is 1. The Balaban J connectivity index is 1.50. The molecule has 2 heterocycles. The van der Waals surface area contributed by atoms with E-state index in [-0.39, 0.29) is 23.2 Å². The molecule has 6 heteroatoms. The molecule has 0 saturated heterocycles. The fourth-order valence-corrected chi connectivity index (χ4v) is 5.54. The largest absolute Gasteiger partial charge is 0.466 e. The molecule has 2 unspecified atom stereocenters. The van der Waals surface area contributed by atoms with Crippen LogP contribution in [-0.4, -0.2) is 17.8 Å². The normalized spacial score (nSPS) is 21.0. The van der Waals surface area contributed by atoms with Crippen LogP contribution >= 0.6 is 23.2 Å². The predicted octanol–water partition coefficient (Wildman–Crippen LogP) is 6.18. The summed E-state index contributed by atoms with van der Waals surface area (Å²) in [6, 6.07) is 20.3. The first-order chi connectivity index (χ1) is 15.5. The molecule has 0 aromatic heterocycles. The fraction of sp³-hybridized carbons (Fsp3) is 0.154. The maximum absolute atomic E-state index is 13.4. The van der Waals surface area contributed by atoms with Crippen LogP contribution in [0, 0.1) is 0 Å². The molecule has 1 aliphatic carbocycles. The number of nitrogens with zero attached hydrogens (tertiary/aromatic N) is 1. The van der Waals surface area contributed by atoms with Crippen LogP contribution in [0.2, 0.25) is 10.0 Å². The number of hydrogen-bond acceptors (Lipinski definition) is 4. The quantitative estimate of drug-likeness (QED) is 0.457. The summed E-state index contributed by atoms with van der Waals surface area (Å²) in [4.78, 5) is 28.8. The van der Waals surface area contributed by atoms with Crippen molar-refractivity contribution in [2.24, 2.45) is 0 Å². The first kappa shape index (κ1) is 19.6. The topological polar surface area (TPSA) is 46.6 Å². The summed E-state index contributed by atoms with van der Waals surface area (Å²) in [6.07, 6.45) is 0.155. The lowest BCUT2D eigenvalue weighted by atomic mass is 9.74. The highest BCUT2D eigenvalue weighted by Gasteiger charge is 2.47. The number of Topliss-reactive ketones (excluding diaryl/α,β-unsaturated/α-hetero) is 2. The van der Waals surface area contributed by atoms with E-state index in [1.807, 2.05) is 42.5 Å². The van der Waals surface area contributed by atoms with Gasteiger partial charge in [0, 0.05) is 51.3 Å². The van der Waals surface area contributed by atoms with Crippen LogP contribution in [0.15, 0.2) is 78.1 Å². The number of carbonyl (C=O) groups excluding carboxylic acids is 2. The summed E-state index contributed by atoms with van der Waals surface area (Å²) in [5.74, 6) is -0.404. The fourth-order valence-electron chi connectivity index (χ4n) is 5.02. The maximum Gasteiger partial charge on any atom is 0.228 e. The highest BCUT2D eigenvalue weighted by Crippen LogP contribution is 2.50. The molecule has 0 radical (unpaired) electrons. The van der Waals surface area contributed by atoms with Crippen LogP contribution in [0.1, 0.15) is 44.2 Å². The van der Waals surface area contributed by atoms with E-state index in [9.17, 15) is 9.59 Å². The minimum absolute atomic E-state index is 0.129. The Bertz CT molecular complexity index is 1330. The number of rotatable bonds is 2. The second kappa shape index (κ2) is 7.22. The number of anilines is 1. The van der Waals surface area contributed by atoms with Crippen molar-refractivity contribution in [3.63, 3.8) is 0 Å². The van der Waals surface area contributed by atoms with Crippen LogP contribution in [0.3, 0.4) is 0 Å². The van der Waals surface area contributed by atoms with Gasteiger partial charge in [0.1, 0.15) is 0 Å². The van der Waals surface area contributed by atoms with E-state index in [1.165, 1.54) is 0 Å². The number of ketones is 2. The molecule has 158 valence electrons. The second-order valence-corrected chi connectivity index (χ2v) is 9.01. The van der Waals surface area contributed by atoms with Gasteiger partial charge in [-0.2, -0.15) is 0 Å². The zero-order chi connectivity index (χ0) is 22.0.